The second kappa shape index (κ2) is 11.0. The number of ether oxygens (including phenoxy) is 1. The van der Waals surface area contributed by atoms with Gasteiger partial charge in [-0.2, -0.15) is 5.10 Å². The third-order valence-corrected chi connectivity index (χ3v) is 5.39. The zero-order valence-corrected chi connectivity index (χ0v) is 19.6. The van der Waals surface area contributed by atoms with Crippen LogP contribution in [0.5, 0.6) is 5.75 Å². The number of nitrogens with one attached hydrogen (secondary N) is 2. The number of benzene rings is 3. The number of hydrogen-bond donors (Lipinski definition) is 2. The third-order valence-electron chi connectivity index (χ3n) is 5.39. The van der Waals surface area contributed by atoms with E-state index in [0.29, 0.717) is 23.8 Å². The molecule has 0 unspecified atom stereocenters. The molecule has 178 valence electrons. The summed E-state index contributed by atoms with van der Waals surface area (Å²) in [5.41, 5.74) is 3.10. The van der Waals surface area contributed by atoms with Gasteiger partial charge in [0, 0.05) is 23.9 Å². The molecule has 0 spiro atoms. The van der Waals surface area contributed by atoms with Crippen LogP contribution < -0.4 is 15.4 Å². The van der Waals surface area contributed by atoms with E-state index in [1.165, 1.54) is 4.90 Å². The number of amides is 3. The van der Waals surface area contributed by atoms with Crippen LogP contribution in [0.4, 0.5) is 16.3 Å². The van der Waals surface area contributed by atoms with E-state index in [4.69, 9.17) is 9.84 Å². The van der Waals surface area contributed by atoms with Crippen molar-refractivity contribution in [3.8, 4) is 22.7 Å². The number of para-hydroxylation sites is 1. The molecular weight excluding hydrogens is 442 g/mol. The summed E-state index contributed by atoms with van der Waals surface area (Å²) in [6.07, 6.45) is 0. The van der Waals surface area contributed by atoms with Crippen LogP contribution in [0, 0.1) is 0 Å². The predicted octanol–water partition coefficient (Wildman–Crippen LogP) is 5.04. The van der Waals surface area contributed by atoms with Gasteiger partial charge >= 0.3 is 6.03 Å². The highest BCUT2D eigenvalue weighted by Crippen LogP contribution is 2.24. The van der Waals surface area contributed by atoms with Gasteiger partial charge in [-0.1, -0.05) is 48.5 Å². The molecule has 0 aliphatic heterocycles. The lowest BCUT2D eigenvalue weighted by Gasteiger charge is -2.21. The Balaban J connectivity index is 1.49. The number of methoxy groups -OCH3 is 1. The van der Waals surface area contributed by atoms with Gasteiger partial charge < -0.3 is 20.3 Å². The van der Waals surface area contributed by atoms with Gasteiger partial charge in [0.2, 0.25) is 5.91 Å². The topological polar surface area (TPSA) is 88.5 Å². The van der Waals surface area contributed by atoms with Crippen molar-refractivity contribution in [1.82, 2.24) is 14.7 Å². The Morgan fingerprint density at radius 1 is 0.914 bits per heavy atom. The summed E-state index contributed by atoms with van der Waals surface area (Å²) < 4.78 is 6.83. The fourth-order valence-corrected chi connectivity index (χ4v) is 3.55. The number of nitrogens with zero attached hydrogens (tertiary/aromatic N) is 3. The van der Waals surface area contributed by atoms with Gasteiger partial charge in [-0.05, 0) is 43.3 Å². The van der Waals surface area contributed by atoms with Gasteiger partial charge in [-0.25, -0.2) is 9.48 Å². The van der Waals surface area contributed by atoms with Crippen LogP contribution in [0.3, 0.4) is 0 Å². The largest absolute Gasteiger partial charge is 0.497 e. The molecule has 3 aromatic carbocycles. The van der Waals surface area contributed by atoms with Gasteiger partial charge in [0.15, 0.2) is 0 Å². The number of hydrogen-bond acceptors (Lipinski definition) is 4. The fraction of sp³-hybridized carbons (Fsp3) is 0.148. The molecule has 3 amide bonds. The smallest absolute Gasteiger partial charge is 0.322 e. The first-order valence-corrected chi connectivity index (χ1v) is 11.3. The standard InChI is InChI=1S/C27H27N5O3/c1-3-31(27(34)28-21-14-16-23(35-2)17-15-21)19-26(33)29-25-18-24(20-10-6-4-7-11-20)30-32(25)22-12-8-5-9-13-22/h4-18H,3,19H2,1-2H3,(H,28,34)(H,29,33). The fourth-order valence-electron chi connectivity index (χ4n) is 3.55. The zero-order chi connectivity index (χ0) is 24.6. The van der Waals surface area contributed by atoms with Crippen LogP contribution in [0.1, 0.15) is 6.92 Å². The number of carbonyl (C=O) groups is 2. The monoisotopic (exact) mass is 469 g/mol. The summed E-state index contributed by atoms with van der Waals surface area (Å²) in [6.45, 7) is 2.07. The molecule has 35 heavy (non-hydrogen) atoms. The molecule has 0 aliphatic carbocycles. The molecule has 4 aromatic rings. The van der Waals surface area contributed by atoms with E-state index >= 15 is 0 Å². The third kappa shape index (κ3) is 5.86. The van der Waals surface area contributed by atoms with Gasteiger partial charge in [-0.15, -0.1) is 0 Å². The van der Waals surface area contributed by atoms with E-state index in [1.807, 2.05) is 73.7 Å². The average molecular weight is 470 g/mol. The van der Waals surface area contributed by atoms with E-state index in [1.54, 1.807) is 36.1 Å². The Morgan fingerprint density at radius 3 is 2.20 bits per heavy atom. The highest BCUT2D eigenvalue weighted by atomic mass is 16.5. The maximum Gasteiger partial charge on any atom is 0.322 e. The van der Waals surface area contributed by atoms with Crippen molar-refractivity contribution in [2.75, 3.05) is 30.8 Å². The zero-order valence-electron chi connectivity index (χ0n) is 19.6. The Labute approximate surface area is 204 Å². The second-order valence-electron chi connectivity index (χ2n) is 7.75. The molecule has 8 nitrogen and oxygen atoms in total. The SMILES string of the molecule is CCN(CC(=O)Nc1cc(-c2ccccc2)nn1-c1ccccc1)C(=O)Nc1ccc(OC)cc1. The number of likely N-dealkylation sites (N-methyl/N-ethyl adjacent to an activating group) is 1. The molecule has 4 rings (SSSR count). The normalized spacial score (nSPS) is 10.5. The number of aromatic nitrogens is 2. The molecule has 0 saturated carbocycles. The molecule has 8 heteroatoms. The quantitative estimate of drug-likeness (QED) is 0.378. The minimum absolute atomic E-state index is 0.112. The highest BCUT2D eigenvalue weighted by Gasteiger charge is 2.18. The van der Waals surface area contributed by atoms with Crippen LogP contribution >= 0.6 is 0 Å². The summed E-state index contributed by atoms with van der Waals surface area (Å²) in [6, 6.07) is 27.8. The lowest BCUT2D eigenvalue weighted by Crippen LogP contribution is -2.40. The van der Waals surface area contributed by atoms with Gasteiger partial charge in [0.25, 0.3) is 0 Å². The van der Waals surface area contributed by atoms with Crippen molar-refractivity contribution >= 4 is 23.4 Å². The summed E-state index contributed by atoms with van der Waals surface area (Å²) in [4.78, 5) is 27.1. The van der Waals surface area contributed by atoms with Crippen LogP contribution in [0.25, 0.3) is 16.9 Å². The van der Waals surface area contributed by atoms with Crippen molar-refractivity contribution in [3.05, 3.63) is 91.0 Å². The highest BCUT2D eigenvalue weighted by molar-refractivity contribution is 5.97. The number of urea groups is 1. The van der Waals surface area contributed by atoms with E-state index in [2.05, 4.69) is 10.6 Å². The van der Waals surface area contributed by atoms with Crippen molar-refractivity contribution in [2.45, 2.75) is 6.92 Å². The summed E-state index contributed by atoms with van der Waals surface area (Å²) in [5, 5.41) is 10.4. The van der Waals surface area contributed by atoms with E-state index in [0.717, 1.165) is 16.9 Å². The Kier molecular flexibility index (Phi) is 7.42. The maximum atomic E-state index is 13.0. The van der Waals surface area contributed by atoms with Gasteiger partial charge in [0.1, 0.15) is 18.1 Å². The van der Waals surface area contributed by atoms with Crippen LogP contribution in [-0.4, -0.2) is 46.8 Å². The Bertz CT molecular complexity index is 1270. The predicted molar refractivity (Wildman–Crippen MR) is 137 cm³/mol. The molecule has 1 aromatic heterocycles. The van der Waals surface area contributed by atoms with Crippen LogP contribution in [-0.2, 0) is 4.79 Å². The van der Waals surface area contributed by atoms with Crippen molar-refractivity contribution in [2.24, 2.45) is 0 Å². The first-order chi connectivity index (χ1) is 17.1. The maximum absolute atomic E-state index is 13.0. The van der Waals surface area contributed by atoms with Gasteiger partial charge in [0.05, 0.1) is 18.5 Å². The molecule has 0 saturated heterocycles. The number of carbonyl (C=O) groups excluding carboxylic acids is 2. The molecule has 0 bridgehead atoms. The van der Waals surface area contributed by atoms with E-state index < -0.39 is 0 Å². The second-order valence-corrected chi connectivity index (χ2v) is 7.75. The Morgan fingerprint density at radius 2 is 1.57 bits per heavy atom. The summed E-state index contributed by atoms with van der Waals surface area (Å²) in [5.74, 6) is 0.889. The molecule has 0 fully saturated rings. The Hall–Kier alpha value is -4.59. The molecule has 0 aliphatic rings. The van der Waals surface area contributed by atoms with Crippen molar-refractivity contribution in [1.29, 1.82) is 0 Å². The number of rotatable bonds is 8. The van der Waals surface area contributed by atoms with Crippen LogP contribution in [0.2, 0.25) is 0 Å². The lowest BCUT2D eigenvalue weighted by atomic mass is 10.1. The lowest BCUT2D eigenvalue weighted by molar-refractivity contribution is -0.116. The van der Waals surface area contributed by atoms with Crippen molar-refractivity contribution < 1.29 is 14.3 Å². The first-order valence-electron chi connectivity index (χ1n) is 11.3. The molecule has 0 atom stereocenters. The first kappa shape index (κ1) is 23.6. The van der Waals surface area contributed by atoms with Gasteiger partial charge in [-0.3, -0.25) is 4.79 Å². The van der Waals surface area contributed by atoms with E-state index in [-0.39, 0.29) is 18.5 Å². The number of anilines is 2. The summed E-state index contributed by atoms with van der Waals surface area (Å²) >= 11 is 0. The molecule has 2 N–H and O–H groups in total. The van der Waals surface area contributed by atoms with E-state index in [9.17, 15) is 9.59 Å². The minimum atomic E-state index is -0.366. The molecular formula is C27H27N5O3. The molecule has 1 heterocycles. The van der Waals surface area contributed by atoms with Crippen LogP contribution in [0.15, 0.2) is 91.0 Å². The summed E-state index contributed by atoms with van der Waals surface area (Å²) in [7, 11) is 1.58. The van der Waals surface area contributed by atoms with Crippen molar-refractivity contribution in [3.63, 3.8) is 0 Å². The minimum Gasteiger partial charge on any atom is -0.497 e. The average Bonchev–Trinajstić information content (AvgIpc) is 3.32. The molecule has 0 radical (unpaired) electrons.